The molecule has 0 spiro atoms. The molecule has 78 valence electrons. The molecule has 0 fully saturated rings. The summed E-state index contributed by atoms with van der Waals surface area (Å²) in [4.78, 5) is 0. The average molecular weight is 197 g/mol. The third-order valence-electron chi connectivity index (χ3n) is 2.47. The second-order valence-corrected chi connectivity index (χ2v) is 4.12. The van der Waals surface area contributed by atoms with Crippen LogP contribution in [0, 0.1) is 11.2 Å². The molecule has 0 saturated heterocycles. The molecular formula is C11H16FNO. The highest BCUT2D eigenvalue weighted by Gasteiger charge is 2.29. The third-order valence-corrected chi connectivity index (χ3v) is 2.47. The summed E-state index contributed by atoms with van der Waals surface area (Å²) < 4.78 is 13.3. The smallest absolute Gasteiger partial charge is 0.129 e. The van der Waals surface area contributed by atoms with Gasteiger partial charge in [-0.1, -0.05) is 32.0 Å². The van der Waals surface area contributed by atoms with Crippen LogP contribution in [0.3, 0.4) is 0 Å². The van der Waals surface area contributed by atoms with E-state index in [0.717, 1.165) is 0 Å². The fourth-order valence-electron chi connectivity index (χ4n) is 1.23. The van der Waals surface area contributed by atoms with Crippen LogP contribution in [0.25, 0.3) is 0 Å². The van der Waals surface area contributed by atoms with E-state index in [2.05, 4.69) is 0 Å². The Bertz CT molecular complexity index is 312. The Labute approximate surface area is 83.6 Å². The van der Waals surface area contributed by atoms with Gasteiger partial charge in [0, 0.05) is 17.5 Å². The topological polar surface area (TPSA) is 46.2 Å². The Morgan fingerprint density at radius 2 is 2.00 bits per heavy atom. The number of halogens is 1. The van der Waals surface area contributed by atoms with Crippen LogP contribution in [0.15, 0.2) is 24.3 Å². The molecule has 0 aromatic heterocycles. The maximum Gasteiger partial charge on any atom is 0.129 e. The predicted octanol–water partition coefficient (Wildman–Crippen LogP) is 1.84. The second kappa shape index (κ2) is 4.07. The summed E-state index contributed by atoms with van der Waals surface area (Å²) in [6.07, 6.45) is -0.867. The van der Waals surface area contributed by atoms with Crippen molar-refractivity contribution < 1.29 is 9.50 Å². The van der Waals surface area contributed by atoms with Gasteiger partial charge in [-0.3, -0.25) is 0 Å². The molecule has 0 heterocycles. The van der Waals surface area contributed by atoms with E-state index in [1.54, 1.807) is 18.2 Å². The summed E-state index contributed by atoms with van der Waals surface area (Å²) in [6.45, 7) is 3.93. The Kier molecular flexibility index (Phi) is 3.24. The summed E-state index contributed by atoms with van der Waals surface area (Å²) in [7, 11) is 0. The molecule has 0 radical (unpaired) electrons. The van der Waals surface area contributed by atoms with Crippen molar-refractivity contribution in [1.82, 2.24) is 0 Å². The number of hydrogen-bond acceptors (Lipinski definition) is 2. The van der Waals surface area contributed by atoms with Crippen molar-refractivity contribution in [3.63, 3.8) is 0 Å². The fraction of sp³-hybridized carbons (Fsp3) is 0.455. The van der Waals surface area contributed by atoms with Crippen LogP contribution < -0.4 is 5.73 Å². The Morgan fingerprint density at radius 3 is 2.50 bits per heavy atom. The van der Waals surface area contributed by atoms with Crippen molar-refractivity contribution in [3.8, 4) is 0 Å². The maximum atomic E-state index is 13.3. The minimum Gasteiger partial charge on any atom is -0.388 e. The van der Waals surface area contributed by atoms with E-state index in [-0.39, 0.29) is 5.82 Å². The van der Waals surface area contributed by atoms with Gasteiger partial charge < -0.3 is 10.8 Å². The molecule has 3 heteroatoms. The van der Waals surface area contributed by atoms with Crippen LogP contribution in [0.1, 0.15) is 25.5 Å². The Balaban J connectivity index is 3.00. The minimum atomic E-state index is -0.867. The van der Waals surface area contributed by atoms with Crippen molar-refractivity contribution >= 4 is 0 Å². The summed E-state index contributed by atoms with van der Waals surface area (Å²) >= 11 is 0. The summed E-state index contributed by atoms with van der Waals surface area (Å²) in [5, 5.41) is 9.91. The quantitative estimate of drug-likeness (QED) is 0.776. The molecule has 1 aromatic rings. The number of benzene rings is 1. The number of aliphatic hydroxyl groups excluding tert-OH is 1. The number of aliphatic hydroxyl groups is 1. The van der Waals surface area contributed by atoms with Crippen molar-refractivity contribution in [2.45, 2.75) is 20.0 Å². The molecule has 0 bridgehead atoms. The van der Waals surface area contributed by atoms with Crippen LogP contribution in [-0.4, -0.2) is 11.7 Å². The molecule has 0 aliphatic rings. The van der Waals surface area contributed by atoms with E-state index >= 15 is 0 Å². The molecule has 1 aromatic carbocycles. The van der Waals surface area contributed by atoms with Gasteiger partial charge in [0.25, 0.3) is 0 Å². The zero-order valence-corrected chi connectivity index (χ0v) is 8.50. The first kappa shape index (κ1) is 11.1. The van der Waals surface area contributed by atoms with Crippen LogP contribution in [0.2, 0.25) is 0 Å². The van der Waals surface area contributed by atoms with Crippen LogP contribution in [0.4, 0.5) is 4.39 Å². The van der Waals surface area contributed by atoms with Crippen molar-refractivity contribution in [2.24, 2.45) is 11.1 Å². The van der Waals surface area contributed by atoms with Gasteiger partial charge in [-0.2, -0.15) is 0 Å². The zero-order valence-electron chi connectivity index (χ0n) is 8.50. The first-order chi connectivity index (χ1) is 6.49. The van der Waals surface area contributed by atoms with Gasteiger partial charge in [0.1, 0.15) is 5.82 Å². The lowest BCUT2D eigenvalue weighted by atomic mass is 9.82. The Hall–Kier alpha value is -0.930. The molecule has 0 amide bonds. The average Bonchev–Trinajstić information content (AvgIpc) is 2.17. The molecule has 0 saturated carbocycles. The normalized spacial score (nSPS) is 14.1. The van der Waals surface area contributed by atoms with Crippen LogP contribution in [-0.2, 0) is 0 Å². The van der Waals surface area contributed by atoms with Gasteiger partial charge in [-0.05, 0) is 6.07 Å². The maximum absolute atomic E-state index is 13.3. The highest BCUT2D eigenvalue weighted by atomic mass is 19.1. The molecule has 0 aliphatic carbocycles. The van der Waals surface area contributed by atoms with E-state index in [4.69, 9.17) is 5.73 Å². The van der Waals surface area contributed by atoms with Gasteiger partial charge in [-0.15, -0.1) is 0 Å². The van der Waals surface area contributed by atoms with E-state index < -0.39 is 11.5 Å². The highest BCUT2D eigenvalue weighted by molar-refractivity contribution is 5.21. The van der Waals surface area contributed by atoms with Gasteiger partial charge in [0.15, 0.2) is 0 Å². The molecule has 3 N–H and O–H groups in total. The van der Waals surface area contributed by atoms with Gasteiger partial charge in [0.2, 0.25) is 0 Å². The van der Waals surface area contributed by atoms with E-state index in [1.807, 2.05) is 13.8 Å². The van der Waals surface area contributed by atoms with Crippen LogP contribution in [0.5, 0.6) is 0 Å². The summed E-state index contributed by atoms with van der Waals surface area (Å²) in [5.41, 5.74) is 5.31. The van der Waals surface area contributed by atoms with Gasteiger partial charge in [0.05, 0.1) is 6.10 Å². The zero-order chi connectivity index (χ0) is 10.8. The molecule has 1 unspecified atom stereocenters. The lowest BCUT2D eigenvalue weighted by Gasteiger charge is -2.29. The molecular weight excluding hydrogens is 181 g/mol. The van der Waals surface area contributed by atoms with Crippen molar-refractivity contribution in [1.29, 1.82) is 0 Å². The van der Waals surface area contributed by atoms with Gasteiger partial charge in [-0.25, -0.2) is 4.39 Å². The van der Waals surface area contributed by atoms with Gasteiger partial charge >= 0.3 is 0 Å². The largest absolute Gasteiger partial charge is 0.388 e. The summed E-state index contributed by atoms with van der Waals surface area (Å²) in [6, 6.07) is 6.22. The monoisotopic (exact) mass is 197 g/mol. The first-order valence-electron chi connectivity index (χ1n) is 4.61. The second-order valence-electron chi connectivity index (χ2n) is 4.12. The number of hydrogen-bond donors (Lipinski definition) is 2. The molecule has 1 rings (SSSR count). The van der Waals surface area contributed by atoms with Crippen molar-refractivity contribution in [2.75, 3.05) is 6.54 Å². The Morgan fingerprint density at radius 1 is 1.43 bits per heavy atom. The van der Waals surface area contributed by atoms with Crippen LogP contribution >= 0.6 is 0 Å². The molecule has 2 nitrogen and oxygen atoms in total. The minimum absolute atomic E-state index is 0.308. The van der Waals surface area contributed by atoms with E-state index in [0.29, 0.717) is 12.1 Å². The van der Waals surface area contributed by atoms with E-state index in [9.17, 15) is 9.50 Å². The summed E-state index contributed by atoms with van der Waals surface area (Å²) in [5.74, 6) is -0.387. The lowest BCUT2D eigenvalue weighted by molar-refractivity contribution is 0.0524. The van der Waals surface area contributed by atoms with E-state index in [1.165, 1.54) is 6.07 Å². The van der Waals surface area contributed by atoms with Crippen molar-refractivity contribution in [3.05, 3.63) is 35.6 Å². The number of nitrogens with two attached hydrogens (primary N) is 1. The molecule has 1 atom stereocenters. The lowest BCUT2D eigenvalue weighted by Crippen LogP contribution is -2.31. The third kappa shape index (κ3) is 2.11. The fourth-order valence-corrected chi connectivity index (χ4v) is 1.23. The highest BCUT2D eigenvalue weighted by Crippen LogP contribution is 2.33. The molecule has 0 aliphatic heterocycles. The number of rotatable bonds is 3. The predicted molar refractivity (Wildman–Crippen MR) is 54.2 cm³/mol. The SMILES string of the molecule is CC(C)(CN)C(O)c1ccccc1F. The molecule has 14 heavy (non-hydrogen) atoms. The first-order valence-corrected chi connectivity index (χ1v) is 4.61. The standard InChI is InChI=1S/C11H16FNO/c1-11(2,7-13)10(14)8-5-3-4-6-9(8)12/h3-6,10,14H,7,13H2,1-2H3.